The second kappa shape index (κ2) is 16.9. The monoisotopic (exact) mass is 682 g/mol. The summed E-state index contributed by atoms with van der Waals surface area (Å²) in [5, 5.41) is 5.64. The molecule has 4 aliphatic rings. The first-order valence-corrected chi connectivity index (χ1v) is 17.2. The van der Waals surface area contributed by atoms with Crippen LogP contribution in [0.15, 0.2) is 103 Å². The summed E-state index contributed by atoms with van der Waals surface area (Å²) in [6, 6.07) is -0.437. The summed E-state index contributed by atoms with van der Waals surface area (Å²) in [5.74, 6) is -4.24. The van der Waals surface area contributed by atoms with Crippen LogP contribution in [0.1, 0.15) is 71.6 Å². The molecule has 7 nitrogen and oxygen atoms in total. The maximum atomic E-state index is 14.6. The van der Waals surface area contributed by atoms with Crippen LogP contribution in [0.4, 0.5) is 8.78 Å². The van der Waals surface area contributed by atoms with Gasteiger partial charge in [-0.05, 0) is 80.9 Å². The van der Waals surface area contributed by atoms with Crippen LogP contribution in [-0.2, 0) is 14.4 Å². The van der Waals surface area contributed by atoms with Gasteiger partial charge < -0.3 is 16.4 Å². The predicted octanol–water partition coefficient (Wildman–Crippen LogP) is 7.57. The van der Waals surface area contributed by atoms with Crippen molar-refractivity contribution in [1.29, 1.82) is 0 Å². The number of amides is 3. The first kappa shape index (κ1) is 36.1. The fourth-order valence-corrected chi connectivity index (χ4v) is 6.93. The maximum absolute atomic E-state index is 14.6. The number of carbonyl (C=O) groups is 3. The van der Waals surface area contributed by atoms with Crippen molar-refractivity contribution in [1.82, 2.24) is 10.6 Å². The van der Waals surface area contributed by atoms with Gasteiger partial charge in [-0.25, -0.2) is 8.78 Å². The van der Waals surface area contributed by atoms with Gasteiger partial charge in [0.05, 0.1) is 10.9 Å². The molecule has 0 aromatic carbocycles. The van der Waals surface area contributed by atoms with Gasteiger partial charge in [0.15, 0.2) is 0 Å². The number of nitrogens with zero attached hydrogens (tertiary/aromatic N) is 1. The third kappa shape index (κ3) is 10.1. The number of carbonyl (C=O) groups excluding carboxylic acids is 3. The average Bonchev–Trinajstić information content (AvgIpc) is 3.00. The van der Waals surface area contributed by atoms with Crippen molar-refractivity contribution in [2.24, 2.45) is 22.6 Å². The minimum atomic E-state index is -3.17. The van der Waals surface area contributed by atoms with E-state index in [4.69, 9.17) is 17.3 Å². The van der Waals surface area contributed by atoms with Gasteiger partial charge in [0, 0.05) is 46.2 Å². The lowest BCUT2D eigenvalue weighted by molar-refractivity contribution is -0.122. The lowest BCUT2D eigenvalue weighted by Crippen LogP contribution is -2.35. The van der Waals surface area contributed by atoms with Gasteiger partial charge in [-0.3, -0.25) is 19.4 Å². The molecule has 2 heterocycles. The molecule has 4 rings (SSSR count). The first-order chi connectivity index (χ1) is 22.5. The molecule has 0 radical (unpaired) electrons. The molecule has 2 aliphatic carbocycles. The summed E-state index contributed by atoms with van der Waals surface area (Å²) in [6.45, 7) is 3.20. The predicted molar refractivity (Wildman–Crippen MR) is 185 cm³/mol. The Labute approximate surface area is 284 Å². The van der Waals surface area contributed by atoms with Gasteiger partial charge in [-0.1, -0.05) is 67.4 Å². The number of primary amides is 1. The van der Waals surface area contributed by atoms with Crippen molar-refractivity contribution in [2.45, 2.75) is 83.6 Å². The molecule has 0 spiro atoms. The second-order valence-corrected chi connectivity index (χ2v) is 13.4. The lowest BCUT2D eigenvalue weighted by Gasteiger charge is -2.24. The largest absolute Gasteiger partial charge is 0.369 e. The highest BCUT2D eigenvalue weighted by atomic mass is 35.5. The molecular formula is C36H41ClF2N4O3S. The number of hydrogen-bond acceptors (Lipinski definition) is 5. The zero-order valence-corrected chi connectivity index (χ0v) is 28.2. The van der Waals surface area contributed by atoms with Crippen molar-refractivity contribution >= 4 is 47.3 Å². The van der Waals surface area contributed by atoms with Gasteiger partial charge in [-0.15, -0.1) is 5.73 Å². The fraction of sp³-hybridized carbons (Fsp3) is 0.417. The van der Waals surface area contributed by atoms with E-state index in [1.54, 1.807) is 24.4 Å². The number of allylic oxidation sites excluding steroid dienone is 11. The molecule has 0 aromatic heterocycles. The van der Waals surface area contributed by atoms with E-state index in [0.717, 1.165) is 42.6 Å². The quantitative estimate of drug-likeness (QED) is 0.218. The normalized spacial score (nSPS) is 28.0. The van der Waals surface area contributed by atoms with E-state index in [2.05, 4.69) is 21.4 Å². The van der Waals surface area contributed by atoms with Crippen LogP contribution < -0.4 is 16.4 Å². The second-order valence-electron chi connectivity index (χ2n) is 11.8. The number of alkyl halides is 2. The zero-order valence-electron chi connectivity index (χ0n) is 26.7. The van der Waals surface area contributed by atoms with Crippen molar-refractivity contribution in [3.8, 4) is 0 Å². The Morgan fingerprint density at radius 2 is 1.85 bits per heavy atom. The van der Waals surface area contributed by atoms with Crippen LogP contribution in [0.3, 0.4) is 0 Å². The molecule has 0 aromatic rings. The summed E-state index contributed by atoms with van der Waals surface area (Å²) in [7, 11) is 0. The molecular weight excluding hydrogens is 642 g/mol. The number of hydrogen-bond donors (Lipinski definition) is 3. The third-order valence-electron chi connectivity index (χ3n) is 8.44. The molecule has 11 heteroatoms. The van der Waals surface area contributed by atoms with Crippen molar-refractivity contribution in [2.75, 3.05) is 0 Å². The Balaban J connectivity index is 1.42. The highest BCUT2D eigenvalue weighted by Gasteiger charge is 2.33. The number of rotatable bonds is 9. The Kier molecular flexibility index (Phi) is 13.0. The van der Waals surface area contributed by atoms with E-state index in [1.165, 1.54) is 43.0 Å². The van der Waals surface area contributed by atoms with E-state index in [0.29, 0.717) is 24.2 Å². The number of halogens is 3. The molecule has 0 bridgehead atoms. The molecule has 0 saturated heterocycles. The number of nitrogens with two attached hydrogens (primary N) is 1. The van der Waals surface area contributed by atoms with Crippen LogP contribution >= 0.6 is 23.4 Å². The molecule has 3 atom stereocenters. The molecule has 4 N–H and O–H groups in total. The topological polar surface area (TPSA) is 114 Å². The maximum Gasteiger partial charge on any atom is 0.274 e. The molecule has 3 amide bonds. The number of thioether (sulfide) groups is 1. The third-order valence-corrected chi connectivity index (χ3v) is 10.1. The van der Waals surface area contributed by atoms with Crippen molar-refractivity contribution < 1.29 is 23.2 Å². The highest BCUT2D eigenvalue weighted by molar-refractivity contribution is 8.07. The summed E-state index contributed by atoms with van der Waals surface area (Å²) < 4.78 is 29.3. The standard InChI is InChI=1S/C36H41ClF2N4O3S/c1-3-36(38,39)28-22-27(14-6-7-15-29(28)37)43-35(46)32-17-10-16-31(47-32)23(2)42-34(45)30-21-26(13-8-9-20-41-30)24-11-4-5-12-25(19-18-24)33(40)44/h6-8,14-17,20-25H,3-5,9-12,18-19H2,1-2H3,(H2,40,44)(H,42,45)(H,43,46)/b7-6?,14-6+,15-7+,27-14?,27-22+,28-22?,29-15?,29-28-,30-21-,41-20?. The van der Waals surface area contributed by atoms with E-state index < -0.39 is 24.3 Å². The number of nitrogens with one attached hydrogen (secondary N) is 2. The first-order valence-electron chi connectivity index (χ1n) is 16.0. The van der Waals surface area contributed by atoms with Gasteiger partial charge in [0.2, 0.25) is 5.91 Å². The van der Waals surface area contributed by atoms with E-state index in [1.807, 2.05) is 19.1 Å². The Hall–Kier alpha value is -3.72. The van der Waals surface area contributed by atoms with E-state index in [-0.39, 0.29) is 45.6 Å². The van der Waals surface area contributed by atoms with Gasteiger partial charge in [0.1, 0.15) is 5.70 Å². The van der Waals surface area contributed by atoms with Crippen LogP contribution in [0.2, 0.25) is 0 Å². The van der Waals surface area contributed by atoms with Gasteiger partial charge in [0.25, 0.3) is 17.7 Å². The minimum absolute atomic E-state index is 0.0993. The molecule has 250 valence electrons. The summed E-state index contributed by atoms with van der Waals surface area (Å²) in [5.41, 5.74) is 9.93. The van der Waals surface area contributed by atoms with Crippen molar-refractivity contribution in [3.63, 3.8) is 0 Å². The van der Waals surface area contributed by atoms with Crippen LogP contribution in [-0.4, -0.2) is 35.9 Å². The molecule has 3 unspecified atom stereocenters. The van der Waals surface area contributed by atoms with Crippen LogP contribution in [0, 0.1) is 11.8 Å². The summed E-state index contributed by atoms with van der Waals surface area (Å²) in [4.78, 5) is 44.2. The minimum Gasteiger partial charge on any atom is -0.369 e. The zero-order chi connectivity index (χ0) is 34.0. The number of aliphatic imine (C=N–C) groups is 1. The molecule has 2 aliphatic heterocycles. The lowest BCUT2D eigenvalue weighted by atomic mass is 9.81. The fourth-order valence-electron chi connectivity index (χ4n) is 5.68. The highest BCUT2D eigenvalue weighted by Crippen LogP contribution is 2.36. The molecule has 1 fully saturated rings. The van der Waals surface area contributed by atoms with Crippen molar-refractivity contribution in [3.05, 3.63) is 97.8 Å². The SMILES string of the molecule is CCC(F)(F)C1=C(Cl)/C=C/C=C/C(NC(=O)C2=CCC=C(C(C)NC(=O)/C3=C/C(C4CCCCC(C(N)=O)CC4)=C=CCC=N3)S2)=C\1. The average molecular weight is 683 g/mol. The van der Waals surface area contributed by atoms with Crippen LogP contribution in [0.5, 0.6) is 0 Å². The smallest absolute Gasteiger partial charge is 0.274 e. The van der Waals surface area contributed by atoms with E-state index >= 15 is 0 Å². The summed E-state index contributed by atoms with van der Waals surface area (Å²) >= 11 is 7.36. The summed E-state index contributed by atoms with van der Waals surface area (Å²) in [6.07, 6.45) is 22.0. The Morgan fingerprint density at radius 3 is 2.62 bits per heavy atom. The molecule has 47 heavy (non-hydrogen) atoms. The van der Waals surface area contributed by atoms with E-state index in [9.17, 15) is 23.2 Å². The Bertz CT molecular complexity index is 1580. The van der Waals surface area contributed by atoms with Gasteiger partial charge in [-0.2, -0.15) is 0 Å². The van der Waals surface area contributed by atoms with Crippen LogP contribution in [0.25, 0.3) is 0 Å². The molecule has 1 saturated carbocycles. The van der Waals surface area contributed by atoms with Gasteiger partial charge >= 0.3 is 0 Å². The Morgan fingerprint density at radius 1 is 1.09 bits per heavy atom.